The first-order valence-corrected chi connectivity index (χ1v) is 6.37. The van der Waals surface area contributed by atoms with Gasteiger partial charge in [0.25, 0.3) is 0 Å². The van der Waals surface area contributed by atoms with Crippen LogP contribution in [0.25, 0.3) is 0 Å². The van der Waals surface area contributed by atoms with Gasteiger partial charge in [0.1, 0.15) is 0 Å². The summed E-state index contributed by atoms with van der Waals surface area (Å²) in [6.07, 6.45) is 0. The maximum Gasteiger partial charge on any atom is 0.0164 e. The Morgan fingerprint density at radius 3 is 1.87 bits per heavy atom. The Kier molecular flexibility index (Phi) is 8.07. The second kappa shape index (κ2) is 8.12. The van der Waals surface area contributed by atoms with Crippen molar-refractivity contribution in [1.29, 1.82) is 0 Å². The number of nitrogens with one attached hydrogen (secondary N) is 2. The van der Waals surface area contributed by atoms with Crippen molar-refractivity contribution in [1.82, 2.24) is 10.6 Å². The summed E-state index contributed by atoms with van der Waals surface area (Å²) in [5, 5.41) is 7.05. The molecule has 0 saturated carbocycles. The van der Waals surface area contributed by atoms with E-state index in [1.54, 1.807) is 0 Å². The SMILES string of the molecule is CC(C)CNCC(C)NCC(C)C(C)C. The van der Waals surface area contributed by atoms with Crippen molar-refractivity contribution in [2.24, 2.45) is 17.8 Å². The molecule has 2 heteroatoms. The van der Waals surface area contributed by atoms with Crippen molar-refractivity contribution in [3.05, 3.63) is 0 Å². The van der Waals surface area contributed by atoms with Gasteiger partial charge in [-0.05, 0) is 37.8 Å². The normalized spacial score (nSPS) is 16.0. The van der Waals surface area contributed by atoms with E-state index in [-0.39, 0.29) is 0 Å². The fourth-order valence-corrected chi connectivity index (χ4v) is 1.28. The van der Waals surface area contributed by atoms with E-state index < -0.39 is 0 Å². The average molecular weight is 214 g/mol. The molecule has 0 saturated heterocycles. The summed E-state index contributed by atoms with van der Waals surface area (Å²) < 4.78 is 0. The molecule has 0 aliphatic carbocycles. The molecule has 0 fully saturated rings. The molecule has 0 spiro atoms. The summed E-state index contributed by atoms with van der Waals surface area (Å²) >= 11 is 0. The molecule has 15 heavy (non-hydrogen) atoms. The zero-order valence-electron chi connectivity index (χ0n) is 11.4. The smallest absolute Gasteiger partial charge is 0.0164 e. The highest BCUT2D eigenvalue weighted by Gasteiger charge is 2.08. The van der Waals surface area contributed by atoms with Crippen LogP contribution in [0.3, 0.4) is 0 Å². The van der Waals surface area contributed by atoms with Gasteiger partial charge < -0.3 is 10.6 Å². The number of hydrogen-bond donors (Lipinski definition) is 2. The van der Waals surface area contributed by atoms with Crippen molar-refractivity contribution in [2.75, 3.05) is 19.6 Å². The van der Waals surface area contributed by atoms with Crippen LogP contribution in [0.4, 0.5) is 0 Å². The van der Waals surface area contributed by atoms with E-state index in [2.05, 4.69) is 52.2 Å². The second-order valence-electron chi connectivity index (χ2n) is 5.58. The summed E-state index contributed by atoms with van der Waals surface area (Å²) in [7, 11) is 0. The van der Waals surface area contributed by atoms with Crippen LogP contribution in [0, 0.1) is 17.8 Å². The quantitative estimate of drug-likeness (QED) is 0.649. The molecule has 0 aromatic heterocycles. The van der Waals surface area contributed by atoms with Gasteiger partial charge in [0.2, 0.25) is 0 Å². The first kappa shape index (κ1) is 14.9. The van der Waals surface area contributed by atoms with E-state index in [1.165, 1.54) is 0 Å². The third kappa shape index (κ3) is 8.88. The molecule has 0 amide bonds. The minimum Gasteiger partial charge on any atom is -0.315 e. The van der Waals surface area contributed by atoms with Gasteiger partial charge in [-0.1, -0.05) is 34.6 Å². The molecule has 92 valence electrons. The van der Waals surface area contributed by atoms with E-state index in [1.807, 2.05) is 0 Å². The zero-order chi connectivity index (χ0) is 11.8. The molecular formula is C13H30N2. The van der Waals surface area contributed by atoms with E-state index in [0.29, 0.717) is 6.04 Å². The van der Waals surface area contributed by atoms with Crippen molar-refractivity contribution in [2.45, 2.75) is 47.6 Å². The molecule has 0 aliphatic heterocycles. The van der Waals surface area contributed by atoms with Crippen LogP contribution in [-0.4, -0.2) is 25.7 Å². The first-order valence-electron chi connectivity index (χ1n) is 6.37. The fraction of sp³-hybridized carbons (Fsp3) is 1.00. The van der Waals surface area contributed by atoms with E-state index in [4.69, 9.17) is 0 Å². The summed E-state index contributed by atoms with van der Waals surface area (Å²) in [6.45, 7) is 16.9. The van der Waals surface area contributed by atoms with Gasteiger partial charge in [0, 0.05) is 12.6 Å². The van der Waals surface area contributed by atoms with Crippen LogP contribution in [0.2, 0.25) is 0 Å². The van der Waals surface area contributed by atoms with Crippen molar-refractivity contribution in [3.63, 3.8) is 0 Å². The predicted octanol–water partition coefficient (Wildman–Crippen LogP) is 2.50. The molecule has 0 aromatic carbocycles. The molecule has 0 heterocycles. The van der Waals surface area contributed by atoms with Gasteiger partial charge in [-0.25, -0.2) is 0 Å². The first-order chi connectivity index (χ1) is 6.93. The summed E-state index contributed by atoms with van der Waals surface area (Å²) in [6, 6.07) is 0.574. The molecular weight excluding hydrogens is 184 g/mol. The van der Waals surface area contributed by atoms with Crippen molar-refractivity contribution in [3.8, 4) is 0 Å². The van der Waals surface area contributed by atoms with Crippen molar-refractivity contribution >= 4 is 0 Å². The topological polar surface area (TPSA) is 24.1 Å². The standard InChI is InChI=1S/C13H30N2/c1-10(2)7-14-9-13(6)15-8-12(5)11(3)4/h10-15H,7-9H2,1-6H3. The molecule has 2 atom stereocenters. The predicted molar refractivity (Wildman–Crippen MR) is 69.2 cm³/mol. The zero-order valence-corrected chi connectivity index (χ0v) is 11.4. The summed E-state index contributed by atoms with van der Waals surface area (Å²) in [5.74, 6) is 2.28. The maximum atomic E-state index is 3.57. The lowest BCUT2D eigenvalue weighted by Gasteiger charge is -2.20. The molecule has 2 unspecified atom stereocenters. The lowest BCUT2D eigenvalue weighted by atomic mass is 9.98. The molecule has 0 radical (unpaired) electrons. The Hall–Kier alpha value is -0.0800. The number of rotatable bonds is 8. The lowest BCUT2D eigenvalue weighted by molar-refractivity contribution is 0.365. The van der Waals surface area contributed by atoms with Gasteiger partial charge in [-0.3, -0.25) is 0 Å². The Labute approximate surface area is 96.2 Å². The maximum absolute atomic E-state index is 3.57. The molecule has 2 N–H and O–H groups in total. The average Bonchev–Trinajstić information content (AvgIpc) is 2.13. The largest absolute Gasteiger partial charge is 0.315 e. The van der Waals surface area contributed by atoms with Crippen LogP contribution >= 0.6 is 0 Å². The van der Waals surface area contributed by atoms with Crippen molar-refractivity contribution < 1.29 is 0 Å². The fourth-order valence-electron chi connectivity index (χ4n) is 1.28. The van der Waals surface area contributed by atoms with Crippen LogP contribution < -0.4 is 10.6 Å². The minimum atomic E-state index is 0.574. The Morgan fingerprint density at radius 2 is 1.40 bits per heavy atom. The Balaban J connectivity index is 3.44. The third-order valence-electron chi connectivity index (χ3n) is 2.93. The van der Waals surface area contributed by atoms with Gasteiger partial charge in [-0.2, -0.15) is 0 Å². The highest BCUT2D eigenvalue weighted by molar-refractivity contribution is 4.68. The minimum absolute atomic E-state index is 0.574. The second-order valence-corrected chi connectivity index (χ2v) is 5.58. The van der Waals surface area contributed by atoms with E-state index in [9.17, 15) is 0 Å². The van der Waals surface area contributed by atoms with Gasteiger partial charge >= 0.3 is 0 Å². The van der Waals surface area contributed by atoms with Crippen LogP contribution in [0.5, 0.6) is 0 Å². The monoisotopic (exact) mass is 214 g/mol. The van der Waals surface area contributed by atoms with E-state index >= 15 is 0 Å². The Bertz CT molecular complexity index is 143. The molecule has 0 bridgehead atoms. The Morgan fingerprint density at radius 1 is 0.800 bits per heavy atom. The molecule has 0 aliphatic rings. The molecule has 0 aromatic rings. The third-order valence-corrected chi connectivity index (χ3v) is 2.93. The highest BCUT2D eigenvalue weighted by atomic mass is 15.0. The summed E-state index contributed by atoms with van der Waals surface area (Å²) in [4.78, 5) is 0. The lowest BCUT2D eigenvalue weighted by Crippen LogP contribution is -2.40. The highest BCUT2D eigenvalue weighted by Crippen LogP contribution is 2.07. The van der Waals surface area contributed by atoms with Gasteiger partial charge in [0.05, 0.1) is 0 Å². The van der Waals surface area contributed by atoms with Crippen LogP contribution in [-0.2, 0) is 0 Å². The van der Waals surface area contributed by atoms with E-state index in [0.717, 1.165) is 37.4 Å². The molecule has 2 nitrogen and oxygen atoms in total. The van der Waals surface area contributed by atoms with Gasteiger partial charge in [0.15, 0.2) is 0 Å². The van der Waals surface area contributed by atoms with Crippen LogP contribution in [0.15, 0.2) is 0 Å². The summed E-state index contributed by atoms with van der Waals surface area (Å²) in [5.41, 5.74) is 0. The van der Waals surface area contributed by atoms with Gasteiger partial charge in [-0.15, -0.1) is 0 Å². The molecule has 0 rings (SSSR count). The van der Waals surface area contributed by atoms with Crippen LogP contribution in [0.1, 0.15) is 41.5 Å². The number of hydrogen-bond acceptors (Lipinski definition) is 2.